The molecule has 0 bridgehead atoms. The molecule has 1 rings (SSSR count). The number of ether oxygens (including phenoxy) is 3. The van der Waals surface area contributed by atoms with Crippen molar-refractivity contribution in [2.45, 2.75) is 19.4 Å². The van der Waals surface area contributed by atoms with Crippen molar-refractivity contribution >= 4 is 0 Å². The Morgan fingerprint density at radius 2 is 1.83 bits per heavy atom. The normalized spacial score (nSPS) is 12.2. The fraction of sp³-hybridized carbons (Fsp3) is 0.571. The second-order valence-corrected chi connectivity index (χ2v) is 4.19. The summed E-state index contributed by atoms with van der Waals surface area (Å²) in [6, 6.07) is 6.01. The zero-order valence-corrected chi connectivity index (χ0v) is 11.7. The summed E-state index contributed by atoms with van der Waals surface area (Å²) in [6.45, 7) is 3.83. The van der Waals surface area contributed by atoms with Gasteiger partial charge in [-0.25, -0.2) is 0 Å². The predicted molar refractivity (Wildman–Crippen MR) is 72.6 cm³/mol. The lowest BCUT2D eigenvalue weighted by Gasteiger charge is -2.12. The van der Waals surface area contributed by atoms with E-state index in [4.69, 9.17) is 14.2 Å². The SMILES string of the molecule is COc1ccc(CCNCC(C)OC)cc1OC. The summed E-state index contributed by atoms with van der Waals surface area (Å²) in [5, 5.41) is 3.35. The van der Waals surface area contributed by atoms with Gasteiger partial charge in [-0.1, -0.05) is 6.07 Å². The van der Waals surface area contributed by atoms with Crippen LogP contribution in [0.15, 0.2) is 18.2 Å². The van der Waals surface area contributed by atoms with Gasteiger partial charge in [0, 0.05) is 13.7 Å². The largest absolute Gasteiger partial charge is 0.493 e. The molecule has 0 aliphatic carbocycles. The van der Waals surface area contributed by atoms with Crippen molar-refractivity contribution in [2.24, 2.45) is 0 Å². The molecule has 0 saturated heterocycles. The first kappa shape index (κ1) is 14.8. The lowest BCUT2D eigenvalue weighted by Crippen LogP contribution is -2.27. The number of hydrogen-bond acceptors (Lipinski definition) is 4. The van der Waals surface area contributed by atoms with Crippen LogP contribution in [0.5, 0.6) is 11.5 Å². The molecule has 0 amide bonds. The van der Waals surface area contributed by atoms with Crippen molar-refractivity contribution in [1.29, 1.82) is 0 Å². The van der Waals surface area contributed by atoms with Gasteiger partial charge in [-0.3, -0.25) is 0 Å². The van der Waals surface area contributed by atoms with Crippen LogP contribution < -0.4 is 14.8 Å². The Hall–Kier alpha value is -1.26. The Morgan fingerprint density at radius 1 is 1.11 bits per heavy atom. The Labute approximate surface area is 109 Å². The molecule has 0 radical (unpaired) electrons. The average Bonchev–Trinajstić information content (AvgIpc) is 2.42. The van der Waals surface area contributed by atoms with Gasteiger partial charge in [0.25, 0.3) is 0 Å². The first-order chi connectivity index (χ1) is 8.71. The topological polar surface area (TPSA) is 39.7 Å². The molecule has 4 nitrogen and oxygen atoms in total. The van der Waals surface area contributed by atoms with Crippen molar-refractivity contribution in [3.63, 3.8) is 0 Å². The van der Waals surface area contributed by atoms with Crippen LogP contribution in [0.1, 0.15) is 12.5 Å². The van der Waals surface area contributed by atoms with Crippen molar-refractivity contribution in [2.75, 3.05) is 34.4 Å². The van der Waals surface area contributed by atoms with E-state index in [1.807, 2.05) is 19.1 Å². The molecule has 0 aliphatic heterocycles. The number of rotatable bonds is 8. The second kappa shape index (κ2) is 7.95. The molecule has 4 heteroatoms. The second-order valence-electron chi connectivity index (χ2n) is 4.19. The first-order valence-corrected chi connectivity index (χ1v) is 6.15. The van der Waals surface area contributed by atoms with Gasteiger partial charge >= 0.3 is 0 Å². The quantitative estimate of drug-likeness (QED) is 0.718. The third-order valence-corrected chi connectivity index (χ3v) is 2.87. The van der Waals surface area contributed by atoms with Crippen molar-refractivity contribution < 1.29 is 14.2 Å². The van der Waals surface area contributed by atoms with Crippen LogP contribution in [0.4, 0.5) is 0 Å². The van der Waals surface area contributed by atoms with Crippen LogP contribution in [0.25, 0.3) is 0 Å². The molecule has 0 fully saturated rings. The Bertz CT molecular complexity index is 355. The highest BCUT2D eigenvalue weighted by Gasteiger charge is 2.04. The lowest BCUT2D eigenvalue weighted by atomic mass is 10.1. The summed E-state index contributed by atoms with van der Waals surface area (Å²) in [5.74, 6) is 1.54. The molecule has 1 N–H and O–H groups in total. The van der Waals surface area contributed by atoms with E-state index in [2.05, 4.69) is 11.4 Å². The van der Waals surface area contributed by atoms with Crippen molar-refractivity contribution in [3.8, 4) is 11.5 Å². The molecule has 18 heavy (non-hydrogen) atoms. The van der Waals surface area contributed by atoms with Crippen molar-refractivity contribution in [3.05, 3.63) is 23.8 Å². The average molecular weight is 253 g/mol. The van der Waals surface area contributed by atoms with Crippen LogP contribution in [-0.4, -0.2) is 40.5 Å². The summed E-state index contributed by atoms with van der Waals surface area (Å²) in [6.07, 6.45) is 1.20. The number of hydrogen-bond donors (Lipinski definition) is 1. The van der Waals surface area contributed by atoms with Gasteiger partial charge in [0.2, 0.25) is 0 Å². The van der Waals surface area contributed by atoms with Gasteiger partial charge in [-0.05, 0) is 37.6 Å². The fourth-order valence-electron chi connectivity index (χ4n) is 1.66. The zero-order valence-electron chi connectivity index (χ0n) is 11.7. The maximum Gasteiger partial charge on any atom is 0.160 e. The summed E-state index contributed by atoms with van der Waals surface area (Å²) in [4.78, 5) is 0. The van der Waals surface area contributed by atoms with Gasteiger partial charge in [0.15, 0.2) is 11.5 Å². The van der Waals surface area contributed by atoms with E-state index in [-0.39, 0.29) is 6.10 Å². The Kier molecular flexibility index (Phi) is 6.54. The van der Waals surface area contributed by atoms with Crippen LogP contribution in [0.2, 0.25) is 0 Å². The van der Waals surface area contributed by atoms with E-state index >= 15 is 0 Å². The minimum atomic E-state index is 0.246. The molecule has 0 heterocycles. The third-order valence-electron chi connectivity index (χ3n) is 2.87. The van der Waals surface area contributed by atoms with Crippen LogP contribution in [0, 0.1) is 0 Å². The van der Waals surface area contributed by atoms with E-state index in [9.17, 15) is 0 Å². The Morgan fingerprint density at radius 3 is 2.44 bits per heavy atom. The zero-order chi connectivity index (χ0) is 13.4. The summed E-state index contributed by atoms with van der Waals surface area (Å²) < 4.78 is 15.6. The van der Waals surface area contributed by atoms with E-state index in [0.29, 0.717) is 0 Å². The molecule has 0 aromatic heterocycles. The maximum atomic E-state index is 5.27. The maximum absolute atomic E-state index is 5.27. The highest BCUT2D eigenvalue weighted by molar-refractivity contribution is 5.42. The standard InChI is InChI=1S/C14H23NO3/c1-11(16-2)10-15-8-7-12-5-6-13(17-3)14(9-12)18-4/h5-6,9,11,15H,7-8,10H2,1-4H3. The molecule has 102 valence electrons. The van der Waals surface area contributed by atoms with E-state index in [1.54, 1.807) is 21.3 Å². The number of methoxy groups -OCH3 is 3. The molecule has 1 unspecified atom stereocenters. The van der Waals surface area contributed by atoms with E-state index < -0.39 is 0 Å². The van der Waals surface area contributed by atoms with Crippen molar-refractivity contribution in [1.82, 2.24) is 5.32 Å². The minimum Gasteiger partial charge on any atom is -0.493 e. The van der Waals surface area contributed by atoms with Gasteiger partial charge in [0.1, 0.15) is 0 Å². The minimum absolute atomic E-state index is 0.246. The van der Waals surface area contributed by atoms with Crippen LogP contribution in [-0.2, 0) is 11.2 Å². The van der Waals surface area contributed by atoms with Crippen LogP contribution >= 0.6 is 0 Å². The van der Waals surface area contributed by atoms with Gasteiger partial charge in [0.05, 0.1) is 20.3 Å². The summed E-state index contributed by atoms with van der Waals surface area (Å²) >= 11 is 0. The van der Waals surface area contributed by atoms with E-state index in [1.165, 1.54) is 5.56 Å². The molecule has 1 aromatic carbocycles. The molecular weight excluding hydrogens is 230 g/mol. The molecule has 0 saturated carbocycles. The molecule has 1 aromatic rings. The highest BCUT2D eigenvalue weighted by atomic mass is 16.5. The fourth-order valence-corrected chi connectivity index (χ4v) is 1.66. The third kappa shape index (κ3) is 4.55. The van der Waals surface area contributed by atoms with Gasteiger partial charge in [-0.15, -0.1) is 0 Å². The predicted octanol–water partition coefficient (Wildman–Crippen LogP) is 1.87. The Balaban J connectivity index is 2.43. The van der Waals surface area contributed by atoms with E-state index in [0.717, 1.165) is 31.0 Å². The molecule has 1 atom stereocenters. The summed E-state index contributed by atoms with van der Waals surface area (Å²) in [7, 11) is 5.02. The van der Waals surface area contributed by atoms with Crippen LogP contribution in [0.3, 0.4) is 0 Å². The summed E-state index contributed by atoms with van der Waals surface area (Å²) in [5.41, 5.74) is 1.23. The number of nitrogens with one attached hydrogen (secondary N) is 1. The molecule has 0 spiro atoms. The molecule has 0 aliphatic rings. The molecular formula is C14H23NO3. The monoisotopic (exact) mass is 253 g/mol. The van der Waals surface area contributed by atoms with Gasteiger partial charge < -0.3 is 19.5 Å². The first-order valence-electron chi connectivity index (χ1n) is 6.15. The van der Waals surface area contributed by atoms with Gasteiger partial charge in [-0.2, -0.15) is 0 Å². The lowest BCUT2D eigenvalue weighted by molar-refractivity contribution is 0.117. The number of benzene rings is 1. The smallest absolute Gasteiger partial charge is 0.160 e. The highest BCUT2D eigenvalue weighted by Crippen LogP contribution is 2.27.